The lowest BCUT2D eigenvalue weighted by molar-refractivity contribution is -0.159. The third-order valence-electron chi connectivity index (χ3n) is 3.49. The highest BCUT2D eigenvalue weighted by molar-refractivity contribution is 6.01. The number of Topliss-reactive ketones (excluding diaryl/α,β-unsaturated/α-hetero) is 1. The van der Waals surface area contributed by atoms with E-state index in [4.69, 9.17) is 4.74 Å². The molecule has 78 valence electrons. The summed E-state index contributed by atoms with van der Waals surface area (Å²) >= 11 is 0. The molecular weight excluding hydrogens is 180 g/mol. The van der Waals surface area contributed by atoms with Gasteiger partial charge >= 0.3 is 5.97 Å². The molecule has 0 amide bonds. The van der Waals surface area contributed by atoms with Gasteiger partial charge in [-0.25, -0.2) is 0 Å². The van der Waals surface area contributed by atoms with Crippen molar-refractivity contribution in [1.82, 2.24) is 0 Å². The Morgan fingerprint density at radius 2 is 2.00 bits per heavy atom. The predicted molar refractivity (Wildman–Crippen MR) is 50.6 cm³/mol. The second-order valence-corrected chi connectivity index (χ2v) is 4.24. The van der Waals surface area contributed by atoms with E-state index in [1.54, 1.807) is 6.92 Å². The Morgan fingerprint density at radius 3 is 2.50 bits per heavy atom. The molecule has 3 rings (SSSR count). The first-order chi connectivity index (χ1) is 6.74. The molecule has 14 heavy (non-hydrogen) atoms. The lowest BCUT2D eigenvalue weighted by Gasteiger charge is -2.39. The van der Waals surface area contributed by atoms with Crippen LogP contribution in [0.3, 0.4) is 0 Å². The standard InChI is InChI=1S/C11H16O3/c1-2-14-11(13)9-7-3-5-8(6-4-7)10(9)12/h7-9H,2-6H2,1H3/t7?,8?,9-/m1/s1. The Balaban J connectivity index is 2.10. The van der Waals surface area contributed by atoms with Crippen molar-refractivity contribution < 1.29 is 14.3 Å². The van der Waals surface area contributed by atoms with Gasteiger partial charge in [0, 0.05) is 5.92 Å². The van der Waals surface area contributed by atoms with Gasteiger partial charge in [-0.3, -0.25) is 9.59 Å². The molecule has 0 saturated heterocycles. The van der Waals surface area contributed by atoms with Crippen molar-refractivity contribution in [3.8, 4) is 0 Å². The van der Waals surface area contributed by atoms with Gasteiger partial charge in [-0.05, 0) is 38.5 Å². The van der Waals surface area contributed by atoms with E-state index >= 15 is 0 Å². The Morgan fingerprint density at radius 1 is 1.36 bits per heavy atom. The van der Waals surface area contributed by atoms with Gasteiger partial charge in [0.25, 0.3) is 0 Å². The van der Waals surface area contributed by atoms with E-state index < -0.39 is 5.92 Å². The summed E-state index contributed by atoms with van der Waals surface area (Å²) < 4.78 is 4.94. The smallest absolute Gasteiger partial charge is 0.316 e. The van der Waals surface area contributed by atoms with Crippen LogP contribution < -0.4 is 0 Å². The molecule has 0 aromatic carbocycles. The van der Waals surface area contributed by atoms with Gasteiger partial charge in [0.1, 0.15) is 11.7 Å². The van der Waals surface area contributed by atoms with Crippen molar-refractivity contribution in [3.05, 3.63) is 0 Å². The number of hydrogen-bond donors (Lipinski definition) is 0. The lowest BCUT2D eigenvalue weighted by Crippen LogP contribution is -2.45. The average molecular weight is 196 g/mol. The molecule has 0 radical (unpaired) electrons. The minimum atomic E-state index is -0.428. The maximum absolute atomic E-state index is 11.8. The van der Waals surface area contributed by atoms with Crippen LogP contribution >= 0.6 is 0 Å². The van der Waals surface area contributed by atoms with Crippen molar-refractivity contribution in [2.75, 3.05) is 6.61 Å². The van der Waals surface area contributed by atoms with Gasteiger partial charge in [-0.1, -0.05) is 0 Å². The van der Waals surface area contributed by atoms with Crippen LogP contribution in [0.4, 0.5) is 0 Å². The van der Waals surface area contributed by atoms with Gasteiger partial charge in [0.2, 0.25) is 0 Å². The van der Waals surface area contributed by atoms with E-state index in [2.05, 4.69) is 0 Å². The van der Waals surface area contributed by atoms with Gasteiger partial charge < -0.3 is 4.74 Å². The molecule has 0 aliphatic heterocycles. The fraction of sp³-hybridized carbons (Fsp3) is 0.818. The minimum Gasteiger partial charge on any atom is -0.465 e. The Bertz CT molecular complexity index is 251. The first kappa shape index (κ1) is 9.69. The molecule has 0 aromatic heterocycles. The highest BCUT2D eigenvalue weighted by Crippen LogP contribution is 2.42. The van der Waals surface area contributed by atoms with Crippen LogP contribution in [0, 0.1) is 17.8 Å². The summed E-state index contributed by atoms with van der Waals surface area (Å²) in [6, 6.07) is 0. The fourth-order valence-electron chi connectivity index (χ4n) is 2.76. The van der Waals surface area contributed by atoms with Crippen LogP contribution in [-0.4, -0.2) is 18.4 Å². The van der Waals surface area contributed by atoms with E-state index in [0.29, 0.717) is 6.61 Å². The summed E-state index contributed by atoms with van der Waals surface area (Å²) in [7, 11) is 0. The molecule has 3 aliphatic carbocycles. The molecule has 0 N–H and O–H groups in total. The molecule has 3 fully saturated rings. The first-order valence-corrected chi connectivity index (χ1v) is 5.44. The topological polar surface area (TPSA) is 43.4 Å². The molecule has 3 nitrogen and oxygen atoms in total. The number of rotatable bonds is 2. The number of carbonyl (C=O) groups excluding carboxylic acids is 2. The Hall–Kier alpha value is -0.860. The zero-order chi connectivity index (χ0) is 10.1. The molecule has 0 aromatic rings. The number of esters is 1. The first-order valence-electron chi connectivity index (χ1n) is 5.44. The largest absolute Gasteiger partial charge is 0.465 e. The van der Waals surface area contributed by atoms with Crippen molar-refractivity contribution in [1.29, 1.82) is 0 Å². The average Bonchev–Trinajstić information content (AvgIpc) is 2.19. The summed E-state index contributed by atoms with van der Waals surface area (Å²) in [4.78, 5) is 23.4. The molecule has 0 spiro atoms. The predicted octanol–water partition coefficient (Wildman–Crippen LogP) is 1.55. The van der Waals surface area contributed by atoms with Crippen LogP contribution in [0.5, 0.6) is 0 Å². The zero-order valence-corrected chi connectivity index (χ0v) is 8.49. The summed E-state index contributed by atoms with van der Waals surface area (Å²) in [6.45, 7) is 2.16. The van der Waals surface area contributed by atoms with Crippen LogP contribution in [-0.2, 0) is 14.3 Å². The fourth-order valence-corrected chi connectivity index (χ4v) is 2.76. The van der Waals surface area contributed by atoms with Gasteiger partial charge in [-0.2, -0.15) is 0 Å². The third-order valence-corrected chi connectivity index (χ3v) is 3.49. The van der Waals surface area contributed by atoms with E-state index in [1.165, 1.54) is 0 Å². The highest BCUT2D eigenvalue weighted by Gasteiger charge is 2.46. The quantitative estimate of drug-likeness (QED) is 0.497. The van der Waals surface area contributed by atoms with Crippen LogP contribution in [0.2, 0.25) is 0 Å². The molecule has 0 heterocycles. The zero-order valence-electron chi connectivity index (χ0n) is 8.49. The number of fused-ring (bicyclic) bond motifs is 3. The Kier molecular flexibility index (Phi) is 2.57. The molecule has 2 bridgehead atoms. The van der Waals surface area contributed by atoms with E-state index in [1.807, 2.05) is 0 Å². The SMILES string of the molecule is CCOC(=O)[C@H]1C(=O)C2CCC1CC2. The highest BCUT2D eigenvalue weighted by atomic mass is 16.5. The van der Waals surface area contributed by atoms with E-state index in [-0.39, 0.29) is 23.6 Å². The molecule has 1 atom stereocenters. The number of ether oxygens (including phenoxy) is 1. The van der Waals surface area contributed by atoms with Crippen LogP contribution in [0.1, 0.15) is 32.6 Å². The summed E-state index contributed by atoms with van der Waals surface area (Å²) in [5.74, 6) is -0.152. The number of carbonyl (C=O) groups is 2. The maximum Gasteiger partial charge on any atom is 0.316 e. The maximum atomic E-state index is 11.8. The lowest BCUT2D eigenvalue weighted by atomic mass is 9.64. The number of ketones is 1. The summed E-state index contributed by atoms with van der Waals surface area (Å²) in [5.41, 5.74) is 0. The molecule has 3 heteroatoms. The van der Waals surface area contributed by atoms with Crippen molar-refractivity contribution >= 4 is 11.8 Å². The van der Waals surface area contributed by atoms with Crippen molar-refractivity contribution in [2.24, 2.45) is 17.8 Å². The molecule has 3 aliphatic rings. The molecule has 0 unspecified atom stereocenters. The van der Waals surface area contributed by atoms with Crippen LogP contribution in [0.25, 0.3) is 0 Å². The van der Waals surface area contributed by atoms with Gasteiger partial charge in [0.05, 0.1) is 6.61 Å². The van der Waals surface area contributed by atoms with Gasteiger partial charge in [0.15, 0.2) is 0 Å². The summed E-state index contributed by atoms with van der Waals surface area (Å²) in [6.07, 6.45) is 4.03. The van der Waals surface area contributed by atoms with E-state index in [0.717, 1.165) is 25.7 Å². The summed E-state index contributed by atoms with van der Waals surface area (Å²) in [5, 5.41) is 0. The van der Waals surface area contributed by atoms with E-state index in [9.17, 15) is 9.59 Å². The van der Waals surface area contributed by atoms with Crippen molar-refractivity contribution in [3.63, 3.8) is 0 Å². The van der Waals surface area contributed by atoms with Crippen LogP contribution in [0.15, 0.2) is 0 Å². The normalized spacial score (nSPS) is 35.8. The molecular formula is C11H16O3. The third kappa shape index (κ3) is 1.45. The second-order valence-electron chi connectivity index (χ2n) is 4.24. The monoisotopic (exact) mass is 196 g/mol. The Labute approximate surface area is 83.8 Å². The number of hydrogen-bond acceptors (Lipinski definition) is 3. The molecule has 3 saturated carbocycles. The second kappa shape index (κ2) is 3.71. The van der Waals surface area contributed by atoms with Crippen molar-refractivity contribution in [2.45, 2.75) is 32.6 Å². The minimum absolute atomic E-state index is 0.144. The van der Waals surface area contributed by atoms with Gasteiger partial charge in [-0.15, -0.1) is 0 Å².